The Bertz CT molecular complexity index is 1360. The van der Waals surface area contributed by atoms with Crippen LogP contribution in [0.15, 0.2) is 71.2 Å². The molecule has 0 unspecified atom stereocenters. The van der Waals surface area contributed by atoms with Gasteiger partial charge >= 0.3 is 0 Å². The van der Waals surface area contributed by atoms with Crippen molar-refractivity contribution < 1.29 is 14.0 Å². The van der Waals surface area contributed by atoms with Gasteiger partial charge in [-0.05, 0) is 48.9 Å². The summed E-state index contributed by atoms with van der Waals surface area (Å²) in [5.74, 6) is 3.23. The summed E-state index contributed by atoms with van der Waals surface area (Å²) in [5, 5.41) is 3.25. The maximum Gasteiger partial charge on any atom is 0.265 e. The van der Waals surface area contributed by atoms with Crippen molar-refractivity contribution >= 4 is 44.3 Å². The van der Waals surface area contributed by atoms with E-state index < -0.39 is 17.6 Å². The van der Waals surface area contributed by atoms with E-state index in [0.29, 0.717) is 27.7 Å². The van der Waals surface area contributed by atoms with E-state index in [2.05, 4.69) is 21.2 Å². The lowest BCUT2D eigenvalue weighted by atomic mass is 9.97. The number of fused-ring (bicyclic) bond motifs is 1. The third-order valence-electron chi connectivity index (χ3n) is 5.08. The lowest BCUT2D eigenvalue weighted by Gasteiger charge is -2.15. The van der Waals surface area contributed by atoms with Gasteiger partial charge in [0.1, 0.15) is 5.82 Å². The highest BCUT2D eigenvalue weighted by Crippen LogP contribution is 2.32. The number of nitrogens with one attached hydrogen (secondary N) is 2. The fourth-order valence-electron chi connectivity index (χ4n) is 3.53. The fraction of sp³-hybridized carbons (Fsp3) is 0.0417. The van der Waals surface area contributed by atoms with Crippen LogP contribution >= 0.6 is 15.9 Å². The van der Waals surface area contributed by atoms with Gasteiger partial charge in [-0.3, -0.25) is 15.0 Å². The summed E-state index contributed by atoms with van der Waals surface area (Å²) in [6.07, 6.45) is 0. The number of hydrogen-bond acceptors (Lipinski definition) is 4. The average molecular weight is 493 g/mol. The van der Waals surface area contributed by atoms with Crippen LogP contribution in [-0.4, -0.2) is 16.8 Å². The molecule has 0 saturated carbocycles. The van der Waals surface area contributed by atoms with Crippen molar-refractivity contribution in [3.05, 3.63) is 93.7 Å². The van der Waals surface area contributed by atoms with Crippen molar-refractivity contribution in [2.45, 2.75) is 6.92 Å². The van der Waals surface area contributed by atoms with Crippen molar-refractivity contribution in [2.24, 2.45) is 5.84 Å². The molecule has 0 aliphatic rings. The molecule has 1 heterocycles. The molecule has 160 valence electrons. The Labute approximate surface area is 191 Å². The largest absolute Gasteiger partial charge is 0.319 e. The first-order valence-corrected chi connectivity index (χ1v) is 10.5. The number of carbonyl (C=O) groups excluding carboxylic acids is 2. The number of hydrazine groups is 1. The normalized spacial score (nSPS) is 10.8. The van der Waals surface area contributed by atoms with Gasteiger partial charge in [0, 0.05) is 21.0 Å². The number of nitrogens with zero attached hydrogens (tertiary/aromatic N) is 1. The Kier molecular flexibility index (Phi) is 5.98. The molecule has 2 amide bonds. The lowest BCUT2D eigenvalue weighted by molar-refractivity contribution is 0.0952. The molecule has 8 heteroatoms. The molecule has 4 aromatic rings. The number of aromatic nitrogens is 1. The predicted octanol–water partition coefficient (Wildman–Crippen LogP) is 4.97. The molecular formula is C24H18BrFN4O2. The zero-order valence-corrected chi connectivity index (χ0v) is 18.5. The highest BCUT2D eigenvalue weighted by molar-refractivity contribution is 9.10. The second-order valence-corrected chi connectivity index (χ2v) is 8.03. The van der Waals surface area contributed by atoms with Crippen LogP contribution in [0.2, 0.25) is 0 Å². The Morgan fingerprint density at radius 3 is 2.44 bits per heavy atom. The summed E-state index contributed by atoms with van der Waals surface area (Å²) in [6, 6.07) is 18.7. The molecule has 0 saturated heterocycles. The van der Waals surface area contributed by atoms with Gasteiger partial charge < -0.3 is 5.32 Å². The van der Waals surface area contributed by atoms with Crippen LogP contribution in [-0.2, 0) is 0 Å². The third-order valence-corrected chi connectivity index (χ3v) is 5.57. The zero-order chi connectivity index (χ0) is 22.8. The predicted molar refractivity (Wildman–Crippen MR) is 126 cm³/mol. The van der Waals surface area contributed by atoms with E-state index in [4.69, 9.17) is 10.8 Å². The topological polar surface area (TPSA) is 97.1 Å². The number of anilines is 1. The molecule has 0 aliphatic heterocycles. The molecule has 32 heavy (non-hydrogen) atoms. The number of hydrogen-bond donors (Lipinski definition) is 3. The maximum absolute atomic E-state index is 14.6. The van der Waals surface area contributed by atoms with Crippen molar-refractivity contribution in [3.8, 4) is 11.3 Å². The minimum Gasteiger partial charge on any atom is -0.319 e. The van der Waals surface area contributed by atoms with Gasteiger partial charge in [-0.2, -0.15) is 0 Å². The summed E-state index contributed by atoms with van der Waals surface area (Å²) >= 11 is 3.44. The number of amides is 2. The summed E-state index contributed by atoms with van der Waals surface area (Å²) in [6.45, 7) is 1.82. The third kappa shape index (κ3) is 4.10. The number of benzene rings is 3. The average Bonchev–Trinajstić information content (AvgIpc) is 2.80. The van der Waals surface area contributed by atoms with Gasteiger partial charge in [0.15, 0.2) is 0 Å². The minimum atomic E-state index is -0.750. The summed E-state index contributed by atoms with van der Waals surface area (Å²) in [5.41, 5.74) is 5.16. The van der Waals surface area contributed by atoms with Crippen molar-refractivity contribution in [2.75, 3.05) is 5.32 Å². The maximum atomic E-state index is 14.6. The molecule has 0 aliphatic carbocycles. The highest BCUT2D eigenvalue weighted by Gasteiger charge is 2.20. The quantitative estimate of drug-likeness (QED) is 0.213. The van der Waals surface area contributed by atoms with E-state index in [1.165, 1.54) is 12.1 Å². The van der Waals surface area contributed by atoms with Gasteiger partial charge in [0.2, 0.25) is 0 Å². The Hall–Kier alpha value is -3.62. The van der Waals surface area contributed by atoms with Crippen molar-refractivity contribution in [3.63, 3.8) is 0 Å². The molecule has 1 aromatic heterocycles. The molecule has 4 N–H and O–H groups in total. The molecule has 4 rings (SSSR count). The molecule has 0 atom stereocenters. The second-order valence-electron chi connectivity index (χ2n) is 7.11. The molecule has 0 fully saturated rings. The Morgan fingerprint density at radius 1 is 1.00 bits per heavy atom. The fourth-order valence-corrected chi connectivity index (χ4v) is 3.89. The second kappa shape index (κ2) is 8.86. The first-order chi connectivity index (χ1) is 15.4. The standard InChI is InChI=1S/C24H18BrFN4O2/c1-13-21(24(32)29-20-9-7-15(11-18(20)26)23(31)30-27)17-12-16(25)8-10-19(17)28-22(13)14-5-3-2-4-6-14/h2-12H,27H2,1H3,(H,29,32)(H,30,31). The smallest absolute Gasteiger partial charge is 0.265 e. The van der Waals surface area contributed by atoms with Crippen LogP contribution in [0.5, 0.6) is 0 Å². The summed E-state index contributed by atoms with van der Waals surface area (Å²) < 4.78 is 15.4. The molecular weight excluding hydrogens is 475 g/mol. The monoisotopic (exact) mass is 492 g/mol. The van der Waals surface area contributed by atoms with E-state index in [0.717, 1.165) is 16.1 Å². The first kappa shape index (κ1) is 21.6. The number of nitrogens with two attached hydrogens (primary N) is 1. The van der Waals surface area contributed by atoms with Crippen LogP contribution in [0.1, 0.15) is 26.3 Å². The van der Waals surface area contributed by atoms with Crippen LogP contribution in [0.3, 0.4) is 0 Å². The van der Waals surface area contributed by atoms with Crippen molar-refractivity contribution in [1.29, 1.82) is 0 Å². The van der Waals surface area contributed by atoms with Crippen molar-refractivity contribution in [1.82, 2.24) is 10.4 Å². The lowest BCUT2D eigenvalue weighted by Crippen LogP contribution is -2.30. The van der Waals surface area contributed by atoms with Gasteiger partial charge in [-0.15, -0.1) is 0 Å². The Morgan fingerprint density at radius 2 is 1.75 bits per heavy atom. The molecule has 0 bridgehead atoms. The van der Waals surface area contributed by atoms with Crippen LogP contribution in [0.4, 0.5) is 10.1 Å². The van der Waals surface area contributed by atoms with Crippen LogP contribution in [0, 0.1) is 12.7 Å². The van der Waals surface area contributed by atoms with E-state index in [1.807, 2.05) is 60.9 Å². The number of carbonyl (C=O) groups is 2. The molecule has 0 spiro atoms. The van der Waals surface area contributed by atoms with Gasteiger partial charge in [0.05, 0.1) is 22.5 Å². The molecule has 6 nitrogen and oxygen atoms in total. The van der Waals surface area contributed by atoms with Gasteiger partial charge in [-0.1, -0.05) is 46.3 Å². The molecule has 3 aromatic carbocycles. The van der Waals surface area contributed by atoms with E-state index >= 15 is 0 Å². The first-order valence-electron chi connectivity index (χ1n) is 9.66. The number of halogens is 2. The summed E-state index contributed by atoms with van der Waals surface area (Å²) in [7, 11) is 0. The van der Waals surface area contributed by atoms with Crippen LogP contribution in [0.25, 0.3) is 22.2 Å². The van der Waals surface area contributed by atoms with Crippen LogP contribution < -0.4 is 16.6 Å². The number of nitrogen functional groups attached to an aromatic ring is 1. The summed E-state index contributed by atoms with van der Waals surface area (Å²) in [4.78, 5) is 29.7. The van der Waals surface area contributed by atoms with E-state index in [1.54, 1.807) is 0 Å². The number of pyridine rings is 1. The SMILES string of the molecule is Cc1c(-c2ccccc2)nc2ccc(Br)cc2c1C(=O)Nc1ccc(C(=O)NN)cc1F. The molecule has 0 radical (unpaired) electrons. The van der Waals surface area contributed by atoms with E-state index in [-0.39, 0.29) is 11.3 Å². The Balaban J connectivity index is 1.82. The van der Waals surface area contributed by atoms with Gasteiger partial charge in [-0.25, -0.2) is 15.2 Å². The highest BCUT2D eigenvalue weighted by atomic mass is 79.9. The zero-order valence-electron chi connectivity index (χ0n) is 16.9. The number of rotatable bonds is 4. The van der Waals surface area contributed by atoms with E-state index in [9.17, 15) is 14.0 Å². The van der Waals surface area contributed by atoms with Gasteiger partial charge in [0.25, 0.3) is 11.8 Å². The minimum absolute atomic E-state index is 0.0452.